The fourth-order valence-corrected chi connectivity index (χ4v) is 2.75. The van der Waals surface area contributed by atoms with E-state index in [9.17, 15) is 4.79 Å². The van der Waals surface area contributed by atoms with Gasteiger partial charge in [0, 0.05) is 0 Å². The number of hydrogen-bond donors (Lipinski definition) is 2. The van der Waals surface area contributed by atoms with Gasteiger partial charge in [-0.15, -0.1) is 13.2 Å². The number of ether oxygens (including phenoxy) is 2. The number of amides is 1. The Labute approximate surface area is 177 Å². The molecular weight excluding hydrogens is 382 g/mol. The maximum Gasteiger partial charge on any atom is 0.415 e. The molecule has 160 valence electrons. The first-order valence-corrected chi connectivity index (χ1v) is 9.79. The van der Waals surface area contributed by atoms with Crippen LogP contribution in [-0.2, 0) is 17.7 Å². The van der Waals surface area contributed by atoms with E-state index in [1.165, 1.54) is 4.90 Å². The average Bonchev–Trinajstić information content (AvgIpc) is 2.73. The molecule has 0 radical (unpaired) electrons. The molecule has 0 unspecified atom stereocenters. The van der Waals surface area contributed by atoms with E-state index in [2.05, 4.69) is 23.1 Å². The predicted octanol–water partition coefficient (Wildman–Crippen LogP) is 3.88. The average molecular weight is 412 g/mol. The van der Waals surface area contributed by atoms with E-state index in [1.54, 1.807) is 13.0 Å². The maximum absolute atomic E-state index is 12.7. The van der Waals surface area contributed by atoms with Crippen LogP contribution in [0.1, 0.15) is 30.9 Å². The number of allylic oxidation sites excluding steroid dienone is 2. The summed E-state index contributed by atoms with van der Waals surface area (Å²) in [7, 11) is 0. The molecule has 2 rings (SSSR count). The van der Waals surface area contributed by atoms with Crippen LogP contribution >= 0.6 is 0 Å². The maximum atomic E-state index is 12.7. The van der Waals surface area contributed by atoms with Gasteiger partial charge in [-0.05, 0) is 37.3 Å². The second kappa shape index (κ2) is 11.5. The number of nitrogens with zero attached hydrogens (tertiary/aromatic N) is 3. The zero-order valence-electron chi connectivity index (χ0n) is 17.3. The van der Waals surface area contributed by atoms with E-state index in [0.29, 0.717) is 6.61 Å². The quantitative estimate of drug-likeness (QED) is 0.426. The van der Waals surface area contributed by atoms with E-state index < -0.39 is 6.09 Å². The third-order valence-corrected chi connectivity index (χ3v) is 4.17. The zero-order chi connectivity index (χ0) is 21.9. The molecule has 1 aromatic carbocycles. The van der Waals surface area contributed by atoms with Crippen molar-refractivity contribution >= 4 is 23.4 Å². The first-order valence-electron chi connectivity index (χ1n) is 9.79. The molecule has 0 saturated heterocycles. The SMILES string of the molecule is C=CCCCOc1nc(N)c(N)c(N(Cc2cccc(CC=C)c2)C(=O)OCC)n1. The topological polar surface area (TPSA) is 117 Å². The molecule has 1 amide bonds. The van der Waals surface area contributed by atoms with E-state index in [4.69, 9.17) is 20.9 Å². The summed E-state index contributed by atoms with van der Waals surface area (Å²) in [6, 6.07) is 7.86. The number of unbranched alkanes of at least 4 members (excludes halogenated alkanes) is 1. The molecule has 30 heavy (non-hydrogen) atoms. The number of anilines is 3. The van der Waals surface area contributed by atoms with Gasteiger partial charge in [-0.1, -0.05) is 36.4 Å². The summed E-state index contributed by atoms with van der Waals surface area (Å²) < 4.78 is 10.8. The summed E-state index contributed by atoms with van der Waals surface area (Å²) >= 11 is 0. The van der Waals surface area contributed by atoms with Crippen molar-refractivity contribution in [3.8, 4) is 6.01 Å². The van der Waals surface area contributed by atoms with Crippen molar-refractivity contribution in [1.29, 1.82) is 0 Å². The number of benzene rings is 1. The summed E-state index contributed by atoms with van der Waals surface area (Å²) in [6.07, 6.45) is 5.31. The molecular formula is C22H29N5O3. The van der Waals surface area contributed by atoms with Crippen molar-refractivity contribution < 1.29 is 14.3 Å². The van der Waals surface area contributed by atoms with Crippen LogP contribution in [0.4, 0.5) is 22.1 Å². The first-order chi connectivity index (χ1) is 14.5. The van der Waals surface area contributed by atoms with Gasteiger partial charge in [0.2, 0.25) is 0 Å². The normalized spacial score (nSPS) is 10.3. The van der Waals surface area contributed by atoms with Gasteiger partial charge in [-0.3, -0.25) is 4.90 Å². The molecule has 1 heterocycles. The first kappa shape index (κ1) is 22.7. The Morgan fingerprint density at radius 3 is 2.67 bits per heavy atom. The number of carbonyl (C=O) groups excluding carboxylic acids is 1. The molecule has 0 saturated carbocycles. The van der Waals surface area contributed by atoms with Gasteiger partial charge in [0.15, 0.2) is 11.6 Å². The highest BCUT2D eigenvalue weighted by molar-refractivity contribution is 5.92. The van der Waals surface area contributed by atoms with E-state index in [-0.39, 0.29) is 36.5 Å². The number of hydrogen-bond acceptors (Lipinski definition) is 7. The predicted molar refractivity (Wildman–Crippen MR) is 119 cm³/mol. The van der Waals surface area contributed by atoms with Gasteiger partial charge in [-0.25, -0.2) is 4.79 Å². The summed E-state index contributed by atoms with van der Waals surface area (Å²) in [5.41, 5.74) is 14.1. The zero-order valence-corrected chi connectivity index (χ0v) is 17.3. The Bertz CT molecular complexity index is 885. The Morgan fingerprint density at radius 1 is 1.20 bits per heavy atom. The smallest absolute Gasteiger partial charge is 0.415 e. The number of nitrogen functional groups attached to an aromatic ring is 2. The van der Waals surface area contributed by atoms with Crippen LogP contribution in [0.5, 0.6) is 6.01 Å². The van der Waals surface area contributed by atoms with Gasteiger partial charge in [0.05, 0.1) is 19.8 Å². The largest absolute Gasteiger partial charge is 0.463 e. The third kappa shape index (κ3) is 6.23. The highest BCUT2D eigenvalue weighted by Crippen LogP contribution is 2.29. The fraction of sp³-hybridized carbons (Fsp3) is 0.318. The summed E-state index contributed by atoms with van der Waals surface area (Å²) in [5.74, 6) is 0.183. The minimum absolute atomic E-state index is 0.0356. The number of carbonyl (C=O) groups is 1. The molecule has 1 aromatic heterocycles. The van der Waals surface area contributed by atoms with Crippen molar-refractivity contribution in [2.24, 2.45) is 0 Å². The molecule has 0 aliphatic heterocycles. The van der Waals surface area contributed by atoms with Crippen LogP contribution in [0.15, 0.2) is 49.6 Å². The van der Waals surface area contributed by atoms with Crippen LogP contribution in [0.25, 0.3) is 0 Å². The van der Waals surface area contributed by atoms with Crippen molar-refractivity contribution in [3.63, 3.8) is 0 Å². The lowest BCUT2D eigenvalue weighted by Gasteiger charge is -2.23. The van der Waals surface area contributed by atoms with Crippen molar-refractivity contribution in [1.82, 2.24) is 9.97 Å². The van der Waals surface area contributed by atoms with Gasteiger partial charge in [0.1, 0.15) is 5.69 Å². The van der Waals surface area contributed by atoms with Crippen LogP contribution in [-0.4, -0.2) is 29.3 Å². The molecule has 0 spiro atoms. The Kier molecular flexibility index (Phi) is 8.68. The number of nitrogens with two attached hydrogens (primary N) is 2. The van der Waals surface area contributed by atoms with Crippen molar-refractivity contribution in [2.75, 3.05) is 29.6 Å². The minimum atomic E-state index is -0.589. The van der Waals surface area contributed by atoms with E-state index in [1.807, 2.05) is 30.3 Å². The number of rotatable bonds is 11. The second-order valence-corrected chi connectivity index (χ2v) is 6.51. The second-order valence-electron chi connectivity index (χ2n) is 6.51. The summed E-state index contributed by atoms with van der Waals surface area (Å²) in [5, 5.41) is 0. The van der Waals surface area contributed by atoms with Gasteiger partial charge >= 0.3 is 12.1 Å². The third-order valence-electron chi connectivity index (χ3n) is 4.17. The lowest BCUT2D eigenvalue weighted by molar-refractivity contribution is 0.159. The van der Waals surface area contributed by atoms with Crippen LogP contribution in [0.3, 0.4) is 0 Å². The Hall–Kier alpha value is -3.55. The van der Waals surface area contributed by atoms with Crippen LogP contribution < -0.4 is 21.1 Å². The van der Waals surface area contributed by atoms with Gasteiger partial charge in [0.25, 0.3) is 0 Å². The van der Waals surface area contributed by atoms with Crippen LogP contribution in [0.2, 0.25) is 0 Å². The highest BCUT2D eigenvalue weighted by Gasteiger charge is 2.24. The Morgan fingerprint density at radius 2 is 1.97 bits per heavy atom. The molecule has 0 fully saturated rings. The molecule has 0 aliphatic rings. The molecule has 8 heteroatoms. The lowest BCUT2D eigenvalue weighted by Crippen LogP contribution is -2.33. The summed E-state index contributed by atoms with van der Waals surface area (Å²) in [6.45, 7) is 9.95. The van der Waals surface area contributed by atoms with Gasteiger partial charge in [-0.2, -0.15) is 9.97 Å². The standard InChI is InChI=1S/C22H29N5O3/c1-4-7-8-13-30-21-25-19(24)18(23)20(26-21)27(22(28)29-6-3)15-17-12-9-11-16(14-17)10-5-2/h4-5,9,11-12,14H,1-2,6-8,10,13,15,23H2,3H3,(H2,24,25,26). The number of aromatic nitrogens is 2. The van der Waals surface area contributed by atoms with E-state index in [0.717, 1.165) is 30.4 Å². The highest BCUT2D eigenvalue weighted by atomic mass is 16.6. The van der Waals surface area contributed by atoms with E-state index >= 15 is 0 Å². The minimum Gasteiger partial charge on any atom is -0.463 e. The molecule has 0 aliphatic carbocycles. The lowest BCUT2D eigenvalue weighted by atomic mass is 10.1. The molecule has 0 bridgehead atoms. The molecule has 0 atom stereocenters. The van der Waals surface area contributed by atoms with Crippen molar-refractivity contribution in [3.05, 3.63) is 60.7 Å². The monoisotopic (exact) mass is 411 g/mol. The molecule has 8 nitrogen and oxygen atoms in total. The van der Waals surface area contributed by atoms with Crippen molar-refractivity contribution in [2.45, 2.75) is 32.7 Å². The fourth-order valence-electron chi connectivity index (χ4n) is 2.75. The summed E-state index contributed by atoms with van der Waals surface area (Å²) in [4.78, 5) is 22.4. The van der Waals surface area contributed by atoms with Crippen LogP contribution in [0, 0.1) is 0 Å². The molecule has 2 aromatic rings. The Balaban J connectivity index is 2.36. The van der Waals surface area contributed by atoms with Gasteiger partial charge < -0.3 is 20.9 Å². The molecule has 4 N–H and O–H groups in total.